The molecule has 3 N–H and O–H groups in total. The number of thiocarbonyl (C=S) groups is 1. The number of alkyl halides is 3. The number of nitrogens with two attached hydrogens (primary N) is 1. The summed E-state index contributed by atoms with van der Waals surface area (Å²) in [5.41, 5.74) is 3.86. The maximum atomic E-state index is 13.7. The van der Waals surface area contributed by atoms with Crippen molar-refractivity contribution in [2.75, 3.05) is 5.32 Å². The fourth-order valence-corrected chi connectivity index (χ4v) is 1.85. The summed E-state index contributed by atoms with van der Waals surface area (Å²) >= 11 is 4.58. The summed E-state index contributed by atoms with van der Waals surface area (Å²) in [6.07, 6.45) is -4.94. The number of nitrogens with one attached hydrogen (secondary N) is 1. The van der Waals surface area contributed by atoms with Crippen LogP contribution < -0.4 is 15.8 Å². The average Bonchev–Trinajstić information content (AvgIpc) is 2.44. The first kappa shape index (κ1) is 17.9. The average molecular weight is 366 g/mol. The minimum Gasteiger partial charge on any atom is -0.448 e. The number of hydrogen-bond donors (Lipinski definition) is 2. The van der Waals surface area contributed by atoms with Gasteiger partial charge in [-0.25, -0.2) is 13.2 Å². The van der Waals surface area contributed by atoms with Crippen LogP contribution in [0.15, 0.2) is 30.3 Å². The third-order valence-corrected chi connectivity index (χ3v) is 2.84. The molecule has 0 fully saturated rings. The normalized spacial score (nSPS) is 11.2. The van der Waals surface area contributed by atoms with Gasteiger partial charge in [0, 0.05) is 11.8 Å². The Kier molecular flexibility index (Phi) is 4.88. The third kappa shape index (κ3) is 4.07. The molecule has 0 aromatic heterocycles. The van der Waals surface area contributed by atoms with Gasteiger partial charge in [-0.3, -0.25) is 0 Å². The van der Waals surface area contributed by atoms with E-state index in [-0.39, 0.29) is 22.9 Å². The number of benzene rings is 2. The molecule has 0 unspecified atom stereocenters. The van der Waals surface area contributed by atoms with Gasteiger partial charge in [0.1, 0.15) is 0 Å². The Balaban J connectivity index is 2.40. The monoisotopic (exact) mass is 366 g/mol. The Morgan fingerprint density at radius 3 is 2.08 bits per heavy atom. The summed E-state index contributed by atoms with van der Waals surface area (Å²) in [6, 6.07) is 3.21. The Bertz CT molecular complexity index is 770. The van der Waals surface area contributed by atoms with E-state index in [1.807, 2.05) is 0 Å². The summed E-state index contributed by atoms with van der Waals surface area (Å²) in [5, 5.41) is 2.29. The lowest BCUT2D eigenvalue weighted by Crippen LogP contribution is -2.18. The molecule has 0 spiro atoms. The number of ether oxygens (including phenoxy) is 1. The molecule has 0 radical (unpaired) electrons. The van der Waals surface area contributed by atoms with Gasteiger partial charge in [0.15, 0.2) is 34.1 Å². The van der Waals surface area contributed by atoms with Crippen LogP contribution in [0.1, 0.15) is 5.56 Å². The van der Waals surface area contributed by atoms with Crippen molar-refractivity contribution in [2.24, 2.45) is 5.73 Å². The molecular formula is C14H8F6N2OS. The van der Waals surface area contributed by atoms with Crippen molar-refractivity contribution < 1.29 is 31.1 Å². The third-order valence-electron chi connectivity index (χ3n) is 2.74. The molecule has 3 nitrogen and oxygen atoms in total. The quantitative estimate of drug-likeness (QED) is 0.617. The molecular weight excluding hydrogens is 358 g/mol. The first-order valence-electron chi connectivity index (χ1n) is 6.18. The van der Waals surface area contributed by atoms with Crippen LogP contribution in [0.2, 0.25) is 0 Å². The Morgan fingerprint density at radius 2 is 1.58 bits per heavy atom. The second-order valence-electron chi connectivity index (χ2n) is 4.50. The minimum absolute atomic E-state index is 0.0490. The topological polar surface area (TPSA) is 47.3 Å². The molecule has 10 heteroatoms. The molecule has 0 aliphatic heterocycles. The molecule has 0 saturated carbocycles. The Hall–Kier alpha value is -2.49. The molecule has 2 rings (SSSR count). The van der Waals surface area contributed by atoms with E-state index in [9.17, 15) is 26.3 Å². The fourth-order valence-electron chi connectivity index (χ4n) is 1.73. The Morgan fingerprint density at radius 1 is 1.00 bits per heavy atom. The first-order valence-corrected chi connectivity index (χ1v) is 6.59. The van der Waals surface area contributed by atoms with Gasteiger partial charge in [-0.15, -0.1) is 0 Å². The van der Waals surface area contributed by atoms with Gasteiger partial charge in [-0.1, -0.05) is 0 Å². The standard InChI is InChI=1S/C14H8F6N2OS/c15-8-2-1-7(22-13(21)24)5-11(8)23-12-9(16)3-6(4-10(12)17)14(18,19)20/h1-5H,(H3,21,22,24). The molecule has 0 saturated heterocycles. The van der Waals surface area contributed by atoms with Crippen LogP contribution in [0.4, 0.5) is 32.0 Å². The minimum atomic E-state index is -4.94. The highest BCUT2D eigenvalue weighted by Gasteiger charge is 2.33. The zero-order valence-corrected chi connectivity index (χ0v) is 12.4. The highest BCUT2D eigenvalue weighted by Crippen LogP contribution is 2.36. The molecule has 0 aliphatic rings. The van der Waals surface area contributed by atoms with E-state index in [1.165, 1.54) is 6.07 Å². The van der Waals surface area contributed by atoms with E-state index in [2.05, 4.69) is 17.5 Å². The van der Waals surface area contributed by atoms with Crippen molar-refractivity contribution in [1.29, 1.82) is 0 Å². The molecule has 0 heterocycles. The fraction of sp³-hybridized carbons (Fsp3) is 0.0714. The molecule has 0 atom stereocenters. The Labute approximate surface area is 137 Å². The van der Waals surface area contributed by atoms with Crippen molar-refractivity contribution >= 4 is 23.0 Å². The van der Waals surface area contributed by atoms with Crippen molar-refractivity contribution in [2.45, 2.75) is 6.18 Å². The second-order valence-corrected chi connectivity index (χ2v) is 4.94. The molecule has 2 aromatic rings. The van der Waals surface area contributed by atoms with E-state index < -0.39 is 40.7 Å². The summed E-state index contributed by atoms with van der Waals surface area (Å²) in [5.74, 6) is -6.06. The van der Waals surface area contributed by atoms with Gasteiger partial charge in [0.05, 0.1) is 5.56 Å². The molecule has 128 valence electrons. The second kappa shape index (κ2) is 6.56. The highest BCUT2D eigenvalue weighted by atomic mass is 32.1. The van der Waals surface area contributed by atoms with Gasteiger partial charge < -0.3 is 15.8 Å². The summed E-state index contributed by atoms with van der Waals surface area (Å²) in [7, 11) is 0. The smallest absolute Gasteiger partial charge is 0.416 e. The van der Waals surface area contributed by atoms with Gasteiger partial charge in [-0.2, -0.15) is 13.2 Å². The van der Waals surface area contributed by atoms with Gasteiger partial charge in [-0.05, 0) is 36.5 Å². The first-order chi connectivity index (χ1) is 11.1. The van der Waals surface area contributed by atoms with Gasteiger partial charge >= 0.3 is 6.18 Å². The number of halogens is 6. The van der Waals surface area contributed by atoms with Crippen LogP contribution in [0.25, 0.3) is 0 Å². The lowest BCUT2D eigenvalue weighted by Gasteiger charge is -2.13. The SMILES string of the molecule is NC(=S)Nc1ccc(F)c(Oc2c(F)cc(C(F)(F)F)cc2F)c1. The zero-order valence-electron chi connectivity index (χ0n) is 11.5. The van der Waals surface area contributed by atoms with E-state index in [0.29, 0.717) is 0 Å². The van der Waals surface area contributed by atoms with E-state index in [1.54, 1.807) is 0 Å². The van der Waals surface area contributed by atoms with Crippen LogP contribution in [-0.2, 0) is 6.18 Å². The van der Waals surface area contributed by atoms with Crippen LogP contribution >= 0.6 is 12.2 Å². The number of hydrogen-bond acceptors (Lipinski definition) is 2. The molecule has 0 amide bonds. The molecule has 2 aromatic carbocycles. The van der Waals surface area contributed by atoms with Crippen molar-refractivity contribution in [3.05, 3.63) is 53.3 Å². The number of rotatable bonds is 3. The van der Waals surface area contributed by atoms with Crippen LogP contribution in [0.3, 0.4) is 0 Å². The molecule has 0 aliphatic carbocycles. The molecule has 24 heavy (non-hydrogen) atoms. The summed E-state index contributed by atoms with van der Waals surface area (Å²) in [6.45, 7) is 0. The summed E-state index contributed by atoms with van der Waals surface area (Å²) < 4.78 is 83.3. The predicted octanol–water partition coefficient (Wildman–Crippen LogP) is 4.57. The van der Waals surface area contributed by atoms with Crippen LogP contribution in [-0.4, -0.2) is 5.11 Å². The lowest BCUT2D eigenvalue weighted by atomic mass is 10.2. The molecule has 0 bridgehead atoms. The maximum absolute atomic E-state index is 13.7. The predicted molar refractivity (Wildman–Crippen MR) is 78.2 cm³/mol. The van der Waals surface area contributed by atoms with Crippen molar-refractivity contribution in [1.82, 2.24) is 0 Å². The number of anilines is 1. The maximum Gasteiger partial charge on any atom is 0.416 e. The zero-order chi connectivity index (χ0) is 18.1. The largest absolute Gasteiger partial charge is 0.448 e. The van der Waals surface area contributed by atoms with E-state index in [4.69, 9.17) is 10.5 Å². The van der Waals surface area contributed by atoms with Gasteiger partial charge in [0.25, 0.3) is 0 Å². The summed E-state index contributed by atoms with van der Waals surface area (Å²) in [4.78, 5) is 0. The van der Waals surface area contributed by atoms with Crippen LogP contribution in [0, 0.1) is 17.5 Å². The van der Waals surface area contributed by atoms with Crippen LogP contribution in [0.5, 0.6) is 11.5 Å². The van der Waals surface area contributed by atoms with Crippen molar-refractivity contribution in [3.8, 4) is 11.5 Å². The van der Waals surface area contributed by atoms with Crippen molar-refractivity contribution in [3.63, 3.8) is 0 Å². The lowest BCUT2D eigenvalue weighted by molar-refractivity contribution is -0.138. The van der Waals surface area contributed by atoms with E-state index >= 15 is 0 Å². The van der Waals surface area contributed by atoms with E-state index in [0.717, 1.165) is 12.1 Å². The van der Waals surface area contributed by atoms with Gasteiger partial charge in [0.2, 0.25) is 0 Å². The highest BCUT2D eigenvalue weighted by molar-refractivity contribution is 7.80.